The van der Waals surface area contributed by atoms with Crippen LogP contribution in [0.5, 0.6) is 11.5 Å². The summed E-state index contributed by atoms with van der Waals surface area (Å²) in [5, 5.41) is 5.24. The molecule has 4 heterocycles. The molecule has 8 nitrogen and oxygen atoms in total. The molecule has 4 aromatic rings. The van der Waals surface area contributed by atoms with E-state index in [4.69, 9.17) is 25.5 Å². The second kappa shape index (κ2) is 9.13. The topological polar surface area (TPSA) is 73.0 Å². The lowest BCUT2D eigenvalue weighted by Crippen LogP contribution is -2.48. The van der Waals surface area contributed by atoms with Gasteiger partial charge in [0.25, 0.3) is 5.91 Å². The van der Waals surface area contributed by atoms with E-state index in [2.05, 4.69) is 16.1 Å². The van der Waals surface area contributed by atoms with Crippen LogP contribution in [-0.2, 0) is 6.54 Å². The van der Waals surface area contributed by atoms with Crippen LogP contribution in [0.4, 0.5) is 0 Å². The maximum atomic E-state index is 13.6. The first-order chi connectivity index (χ1) is 17.1. The monoisotopic (exact) mass is 490 g/mol. The Morgan fingerprint density at radius 1 is 0.943 bits per heavy atom. The number of rotatable bonds is 5. The van der Waals surface area contributed by atoms with Crippen molar-refractivity contribution in [3.05, 3.63) is 83.2 Å². The summed E-state index contributed by atoms with van der Waals surface area (Å²) in [6, 6.07) is 18.8. The number of carbonyl (C=O) groups excluding carboxylic acids is 1. The molecule has 2 aromatic carbocycles. The number of furan rings is 1. The van der Waals surface area contributed by atoms with Gasteiger partial charge in [0.2, 0.25) is 6.79 Å². The maximum absolute atomic E-state index is 13.6. The van der Waals surface area contributed by atoms with Crippen LogP contribution >= 0.6 is 11.6 Å². The first kappa shape index (κ1) is 21.8. The average Bonchev–Trinajstić information content (AvgIpc) is 3.64. The van der Waals surface area contributed by atoms with E-state index < -0.39 is 0 Å². The van der Waals surface area contributed by atoms with Gasteiger partial charge in [0.1, 0.15) is 11.4 Å². The first-order valence-electron chi connectivity index (χ1n) is 11.4. The second-order valence-electron chi connectivity index (χ2n) is 8.54. The molecule has 1 amide bonds. The summed E-state index contributed by atoms with van der Waals surface area (Å²) in [4.78, 5) is 17.8. The van der Waals surface area contributed by atoms with Gasteiger partial charge in [0.05, 0.1) is 12.0 Å². The van der Waals surface area contributed by atoms with Crippen LogP contribution in [0.25, 0.3) is 17.1 Å². The number of fused-ring (bicyclic) bond motifs is 1. The van der Waals surface area contributed by atoms with Crippen molar-refractivity contribution in [3.63, 3.8) is 0 Å². The van der Waals surface area contributed by atoms with Crippen molar-refractivity contribution in [1.29, 1.82) is 0 Å². The van der Waals surface area contributed by atoms with Crippen LogP contribution < -0.4 is 9.47 Å². The Bertz CT molecular complexity index is 1360. The summed E-state index contributed by atoms with van der Waals surface area (Å²) < 4.78 is 18.1. The Balaban J connectivity index is 1.19. The first-order valence-corrected chi connectivity index (χ1v) is 11.8. The van der Waals surface area contributed by atoms with E-state index in [1.807, 2.05) is 35.2 Å². The van der Waals surface area contributed by atoms with Crippen molar-refractivity contribution >= 4 is 17.5 Å². The third-order valence-corrected chi connectivity index (χ3v) is 6.49. The molecule has 1 saturated heterocycles. The van der Waals surface area contributed by atoms with Crippen LogP contribution in [0.15, 0.2) is 71.3 Å². The van der Waals surface area contributed by atoms with Crippen molar-refractivity contribution < 1.29 is 18.7 Å². The molecular weight excluding hydrogens is 468 g/mol. The zero-order chi connectivity index (χ0) is 23.8. The SMILES string of the molecule is O=C(c1cc(-c2ccco2)nn1-c1cccc(Cl)c1)N1CCN(Cc2ccc3c(c2)OCO3)CC1. The van der Waals surface area contributed by atoms with Gasteiger partial charge in [-0.05, 0) is 48.0 Å². The molecule has 0 atom stereocenters. The number of carbonyl (C=O) groups is 1. The molecule has 1 fully saturated rings. The number of benzene rings is 2. The molecule has 0 aliphatic carbocycles. The molecule has 0 unspecified atom stereocenters. The Kier molecular flexibility index (Phi) is 5.67. The minimum atomic E-state index is -0.0713. The maximum Gasteiger partial charge on any atom is 0.272 e. The molecule has 0 bridgehead atoms. The van der Waals surface area contributed by atoms with Gasteiger partial charge in [-0.2, -0.15) is 5.10 Å². The third-order valence-electron chi connectivity index (χ3n) is 6.26. The number of halogens is 1. The minimum Gasteiger partial charge on any atom is -0.463 e. The highest BCUT2D eigenvalue weighted by molar-refractivity contribution is 6.30. The molecule has 9 heteroatoms. The number of hydrogen-bond donors (Lipinski definition) is 0. The summed E-state index contributed by atoms with van der Waals surface area (Å²) in [5.41, 5.74) is 2.96. The Morgan fingerprint density at radius 2 is 1.80 bits per heavy atom. The van der Waals surface area contributed by atoms with Crippen molar-refractivity contribution in [1.82, 2.24) is 19.6 Å². The fraction of sp³-hybridized carbons (Fsp3) is 0.231. The standard InChI is InChI=1S/C26H23ClN4O4/c27-19-3-1-4-20(14-19)31-22(15-21(28-31)23-5-2-12-33-23)26(32)30-10-8-29(9-11-30)16-18-6-7-24-25(13-18)35-17-34-24/h1-7,12-15H,8-11,16-17H2. The highest BCUT2D eigenvalue weighted by Crippen LogP contribution is 2.33. The molecule has 6 rings (SSSR count). The largest absolute Gasteiger partial charge is 0.463 e. The lowest BCUT2D eigenvalue weighted by molar-refractivity contribution is 0.0619. The summed E-state index contributed by atoms with van der Waals surface area (Å²) in [6.45, 7) is 3.86. The Morgan fingerprint density at radius 3 is 2.60 bits per heavy atom. The van der Waals surface area contributed by atoms with E-state index in [0.717, 1.165) is 42.4 Å². The highest BCUT2D eigenvalue weighted by Gasteiger charge is 2.27. The van der Waals surface area contributed by atoms with E-state index in [-0.39, 0.29) is 12.7 Å². The van der Waals surface area contributed by atoms with E-state index in [0.29, 0.717) is 35.3 Å². The summed E-state index contributed by atoms with van der Waals surface area (Å²) in [6.07, 6.45) is 1.59. The molecule has 2 aliphatic rings. The van der Waals surface area contributed by atoms with Crippen molar-refractivity contribution in [2.75, 3.05) is 33.0 Å². The van der Waals surface area contributed by atoms with Crippen molar-refractivity contribution in [2.24, 2.45) is 0 Å². The van der Waals surface area contributed by atoms with E-state index in [9.17, 15) is 4.79 Å². The van der Waals surface area contributed by atoms with Gasteiger partial charge < -0.3 is 18.8 Å². The lowest BCUT2D eigenvalue weighted by atomic mass is 10.1. The van der Waals surface area contributed by atoms with E-state index >= 15 is 0 Å². The van der Waals surface area contributed by atoms with Gasteiger partial charge in [0, 0.05) is 43.8 Å². The Labute approximate surface area is 207 Å². The minimum absolute atomic E-state index is 0.0713. The van der Waals surface area contributed by atoms with Gasteiger partial charge in [-0.25, -0.2) is 4.68 Å². The van der Waals surface area contributed by atoms with Gasteiger partial charge in [-0.1, -0.05) is 23.7 Å². The summed E-state index contributed by atoms with van der Waals surface area (Å²) in [7, 11) is 0. The van der Waals surface area contributed by atoms with Crippen LogP contribution in [0.3, 0.4) is 0 Å². The van der Waals surface area contributed by atoms with Gasteiger partial charge in [0.15, 0.2) is 17.3 Å². The van der Waals surface area contributed by atoms with Crippen LogP contribution in [0.2, 0.25) is 5.02 Å². The molecule has 2 aromatic heterocycles. The fourth-order valence-corrected chi connectivity index (χ4v) is 4.64. The second-order valence-corrected chi connectivity index (χ2v) is 8.98. The van der Waals surface area contributed by atoms with Crippen molar-refractivity contribution in [3.8, 4) is 28.6 Å². The number of aromatic nitrogens is 2. The van der Waals surface area contributed by atoms with Crippen LogP contribution in [-0.4, -0.2) is 58.5 Å². The fourth-order valence-electron chi connectivity index (χ4n) is 4.45. The highest BCUT2D eigenvalue weighted by atomic mass is 35.5. The lowest BCUT2D eigenvalue weighted by Gasteiger charge is -2.34. The number of amides is 1. The van der Waals surface area contributed by atoms with E-state index in [1.54, 1.807) is 35.2 Å². The summed E-state index contributed by atoms with van der Waals surface area (Å²) >= 11 is 6.22. The molecule has 0 spiro atoms. The van der Waals surface area contributed by atoms with Crippen LogP contribution in [0.1, 0.15) is 16.1 Å². The summed E-state index contributed by atoms with van der Waals surface area (Å²) in [5.74, 6) is 2.11. The number of ether oxygens (including phenoxy) is 2. The molecule has 0 N–H and O–H groups in total. The normalized spacial score (nSPS) is 15.5. The number of hydrogen-bond acceptors (Lipinski definition) is 6. The average molecular weight is 491 g/mol. The molecule has 178 valence electrons. The van der Waals surface area contributed by atoms with Gasteiger partial charge in [-0.15, -0.1) is 0 Å². The van der Waals surface area contributed by atoms with Gasteiger partial charge >= 0.3 is 0 Å². The zero-order valence-corrected chi connectivity index (χ0v) is 19.6. The zero-order valence-electron chi connectivity index (χ0n) is 18.9. The molecular formula is C26H23ClN4O4. The number of piperazine rings is 1. The smallest absolute Gasteiger partial charge is 0.272 e. The van der Waals surface area contributed by atoms with Crippen molar-refractivity contribution in [2.45, 2.75) is 6.54 Å². The molecule has 0 radical (unpaired) electrons. The molecule has 2 aliphatic heterocycles. The Hall–Kier alpha value is -3.75. The quantitative estimate of drug-likeness (QED) is 0.411. The molecule has 0 saturated carbocycles. The van der Waals surface area contributed by atoms with E-state index in [1.165, 1.54) is 0 Å². The number of nitrogens with zero attached hydrogens (tertiary/aromatic N) is 4. The van der Waals surface area contributed by atoms with Gasteiger partial charge in [-0.3, -0.25) is 9.69 Å². The predicted molar refractivity (Wildman–Crippen MR) is 130 cm³/mol. The molecule has 35 heavy (non-hydrogen) atoms. The predicted octanol–water partition coefficient (Wildman–Crippen LogP) is 4.47. The third kappa shape index (κ3) is 4.38. The van der Waals surface area contributed by atoms with Crippen LogP contribution in [0, 0.1) is 0 Å².